The standard InChI is InChI=1S/C42H54O2/c1-29(2)13-12-14-30(3)35-21-22-36-34-28-39(44-40(43)33-17-10-7-11-18-33)38-27-32(20-19-31-15-8-6-9-16-31)23-25-42(38,5)37(34)24-26-41(35,36)4/h6-11,15-18,23,29-30,34-39H,12-14,21-22,24-28H2,1-5H3. The molecule has 6 rings (SSSR count). The molecule has 44 heavy (non-hydrogen) atoms. The van der Waals surface area contributed by atoms with Gasteiger partial charge in [-0.15, -0.1) is 0 Å². The molecule has 4 aliphatic carbocycles. The van der Waals surface area contributed by atoms with Gasteiger partial charge in [0.25, 0.3) is 0 Å². The number of hydrogen-bond acceptors (Lipinski definition) is 2. The highest BCUT2D eigenvalue weighted by molar-refractivity contribution is 5.89. The third kappa shape index (κ3) is 6.06. The molecule has 0 spiro atoms. The van der Waals surface area contributed by atoms with Crippen LogP contribution >= 0.6 is 0 Å². The van der Waals surface area contributed by atoms with Crippen molar-refractivity contribution in [2.75, 3.05) is 0 Å². The summed E-state index contributed by atoms with van der Waals surface area (Å²) >= 11 is 0. The second kappa shape index (κ2) is 12.9. The van der Waals surface area contributed by atoms with E-state index >= 15 is 0 Å². The van der Waals surface area contributed by atoms with Crippen LogP contribution in [0.25, 0.3) is 0 Å². The molecule has 4 aliphatic rings. The molecule has 0 aliphatic heterocycles. The number of allylic oxidation sites excluding steroid dienone is 2. The Balaban J connectivity index is 1.27. The van der Waals surface area contributed by atoms with Crippen LogP contribution in [-0.4, -0.2) is 12.1 Å². The summed E-state index contributed by atoms with van der Waals surface area (Å²) in [4.78, 5) is 13.6. The first-order valence-electron chi connectivity index (χ1n) is 17.7. The summed E-state index contributed by atoms with van der Waals surface area (Å²) in [5.74, 6) is 11.5. The SMILES string of the molecule is CC(C)CCCC(C)C1CCC2C3CC(OC(=O)c4ccccc4)C4CC(C#Cc5ccccc5)=CCC4(C)C3CCC12C. The largest absolute Gasteiger partial charge is 0.458 e. The first-order chi connectivity index (χ1) is 21.2. The van der Waals surface area contributed by atoms with Gasteiger partial charge in [-0.3, -0.25) is 0 Å². The highest BCUT2D eigenvalue weighted by Gasteiger charge is 2.62. The Morgan fingerprint density at radius 2 is 1.57 bits per heavy atom. The van der Waals surface area contributed by atoms with Crippen LogP contribution in [0.4, 0.5) is 0 Å². The number of fused-ring (bicyclic) bond motifs is 5. The molecule has 0 bridgehead atoms. The summed E-state index contributed by atoms with van der Waals surface area (Å²) in [6.45, 7) is 12.5. The third-order valence-electron chi connectivity index (χ3n) is 12.9. The maximum absolute atomic E-state index is 13.6. The predicted octanol–water partition coefficient (Wildman–Crippen LogP) is 10.5. The average molecular weight is 591 g/mol. The van der Waals surface area contributed by atoms with Crippen molar-refractivity contribution >= 4 is 5.97 Å². The molecule has 234 valence electrons. The van der Waals surface area contributed by atoms with E-state index in [-0.39, 0.29) is 17.5 Å². The second-order valence-corrected chi connectivity index (χ2v) is 15.8. The molecule has 2 heteroatoms. The van der Waals surface area contributed by atoms with E-state index in [1.54, 1.807) is 0 Å². The van der Waals surface area contributed by atoms with Crippen molar-refractivity contribution < 1.29 is 9.53 Å². The van der Waals surface area contributed by atoms with Gasteiger partial charge < -0.3 is 4.74 Å². The van der Waals surface area contributed by atoms with Gasteiger partial charge in [0.05, 0.1) is 5.56 Å². The van der Waals surface area contributed by atoms with Gasteiger partial charge in [-0.25, -0.2) is 4.79 Å². The van der Waals surface area contributed by atoms with Gasteiger partial charge in [-0.1, -0.05) is 108 Å². The maximum Gasteiger partial charge on any atom is 0.338 e. The van der Waals surface area contributed by atoms with Crippen molar-refractivity contribution in [1.29, 1.82) is 0 Å². The van der Waals surface area contributed by atoms with Gasteiger partial charge in [-0.05, 0) is 121 Å². The van der Waals surface area contributed by atoms with Crippen LogP contribution < -0.4 is 0 Å². The van der Waals surface area contributed by atoms with Crippen molar-refractivity contribution in [3.63, 3.8) is 0 Å². The van der Waals surface area contributed by atoms with Crippen LogP contribution in [-0.2, 0) is 4.74 Å². The molecule has 9 atom stereocenters. The van der Waals surface area contributed by atoms with Crippen molar-refractivity contribution in [2.24, 2.45) is 52.3 Å². The number of carbonyl (C=O) groups excluding carboxylic acids is 1. The quantitative estimate of drug-likeness (QED) is 0.237. The smallest absolute Gasteiger partial charge is 0.338 e. The molecule has 9 unspecified atom stereocenters. The van der Waals surface area contributed by atoms with Crippen LogP contribution in [0.15, 0.2) is 72.3 Å². The van der Waals surface area contributed by atoms with Crippen LogP contribution in [0.2, 0.25) is 0 Å². The van der Waals surface area contributed by atoms with Crippen LogP contribution in [0.5, 0.6) is 0 Å². The monoisotopic (exact) mass is 590 g/mol. The minimum Gasteiger partial charge on any atom is -0.458 e. The van der Waals surface area contributed by atoms with E-state index in [1.807, 2.05) is 48.5 Å². The molecular formula is C42H54O2. The highest BCUT2D eigenvalue weighted by atomic mass is 16.5. The van der Waals surface area contributed by atoms with Gasteiger partial charge in [0, 0.05) is 11.5 Å². The minimum atomic E-state index is -0.162. The third-order valence-corrected chi connectivity index (χ3v) is 12.9. The van der Waals surface area contributed by atoms with Crippen LogP contribution in [0, 0.1) is 64.1 Å². The van der Waals surface area contributed by atoms with E-state index < -0.39 is 0 Å². The Kier molecular flexibility index (Phi) is 9.15. The number of esters is 1. The molecule has 0 saturated heterocycles. The molecule has 2 nitrogen and oxygen atoms in total. The summed E-state index contributed by atoms with van der Waals surface area (Å²) in [5, 5.41) is 0. The molecule has 2 aromatic rings. The molecule has 0 radical (unpaired) electrons. The lowest BCUT2D eigenvalue weighted by Crippen LogP contribution is -2.57. The van der Waals surface area contributed by atoms with Gasteiger partial charge in [0.15, 0.2) is 0 Å². The zero-order chi connectivity index (χ0) is 30.9. The number of hydrogen-bond donors (Lipinski definition) is 0. The Morgan fingerprint density at radius 1 is 0.864 bits per heavy atom. The maximum atomic E-state index is 13.6. The lowest BCUT2D eigenvalue weighted by Gasteiger charge is -2.61. The Bertz CT molecular complexity index is 1380. The van der Waals surface area contributed by atoms with Crippen LogP contribution in [0.1, 0.15) is 115 Å². The molecule has 0 heterocycles. The van der Waals surface area contributed by atoms with E-state index in [2.05, 4.69) is 64.7 Å². The van der Waals surface area contributed by atoms with E-state index in [9.17, 15) is 4.79 Å². The summed E-state index contributed by atoms with van der Waals surface area (Å²) in [6, 6.07) is 19.9. The summed E-state index contributed by atoms with van der Waals surface area (Å²) < 4.78 is 6.59. The van der Waals surface area contributed by atoms with Crippen molar-refractivity contribution in [2.45, 2.75) is 105 Å². The van der Waals surface area contributed by atoms with E-state index in [4.69, 9.17) is 4.74 Å². The lowest BCUT2D eigenvalue weighted by molar-refractivity contribution is -0.148. The van der Waals surface area contributed by atoms with Crippen molar-refractivity contribution in [1.82, 2.24) is 0 Å². The van der Waals surface area contributed by atoms with Gasteiger partial charge >= 0.3 is 5.97 Å². The number of benzene rings is 2. The summed E-state index contributed by atoms with van der Waals surface area (Å²) in [7, 11) is 0. The van der Waals surface area contributed by atoms with Crippen LogP contribution in [0.3, 0.4) is 0 Å². The Labute approximate surface area is 267 Å². The first-order valence-corrected chi connectivity index (χ1v) is 17.7. The Morgan fingerprint density at radius 3 is 2.30 bits per heavy atom. The molecule has 3 saturated carbocycles. The van der Waals surface area contributed by atoms with Crippen molar-refractivity contribution in [3.8, 4) is 11.8 Å². The Hall–Kier alpha value is -2.79. The van der Waals surface area contributed by atoms with E-state index in [0.29, 0.717) is 28.7 Å². The second-order valence-electron chi connectivity index (χ2n) is 15.8. The zero-order valence-corrected chi connectivity index (χ0v) is 27.9. The zero-order valence-electron chi connectivity index (χ0n) is 27.9. The number of ether oxygens (including phenoxy) is 1. The number of carbonyl (C=O) groups is 1. The molecule has 0 N–H and O–H groups in total. The fraction of sp³-hybridized carbons (Fsp3) is 0.595. The fourth-order valence-electron chi connectivity index (χ4n) is 10.6. The normalized spacial score (nSPS) is 34.9. The molecule has 3 fully saturated rings. The van der Waals surface area contributed by atoms with E-state index in [1.165, 1.54) is 50.5 Å². The predicted molar refractivity (Wildman–Crippen MR) is 181 cm³/mol. The lowest BCUT2D eigenvalue weighted by atomic mass is 9.44. The van der Waals surface area contributed by atoms with Crippen molar-refractivity contribution in [3.05, 3.63) is 83.4 Å². The van der Waals surface area contributed by atoms with E-state index in [0.717, 1.165) is 48.5 Å². The molecular weight excluding hydrogens is 536 g/mol. The minimum absolute atomic E-state index is 0.0685. The highest BCUT2D eigenvalue weighted by Crippen LogP contribution is 2.68. The summed E-state index contributed by atoms with van der Waals surface area (Å²) in [5.41, 5.74) is 3.47. The molecule has 0 aromatic heterocycles. The number of rotatable bonds is 7. The van der Waals surface area contributed by atoms with Gasteiger partial charge in [-0.2, -0.15) is 0 Å². The van der Waals surface area contributed by atoms with Gasteiger partial charge in [0.1, 0.15) is 6.10 Å². The average Bonchev–Trinajstić information content (AvgIpc) is 3.38. The topological polar surface area (TPSA) is 26.3 Å². The van der Waals surface area contributed by atoms with Gasteiger partial charge in [0.2, 0.25) is 0 Å². The molecule has 0 amide bonds. The molecule has 2 aromatic carbocycles. The fourth-order valence-corrected chi connectivity index (χ4v) is 10.6. The first kappa shape index (κ1) is 31.2. The summed E-state index contributed by atoms with van der Waals surface area (Å²) in [6.07, 6.45) is 14.8.